The van der Waals surface area contributed by atoms with Crippen molar-refractivity contribution in [2.24, 2.45) is 5.41 Å². The van der Waals surface area contributed by atoms with Crippen LogP contribution in [0.2, 0.25) is 0 Å². The van der Waals surface area contributed by atoms with Gasteiger partial charge in [-0.05, 0) is 75.8 Å². The highest BCUT2D eigenvalue weighted by Gasteiger charge is 2.55. The molecule has 2 aromatic carbocycles. The number of aromatic nitrogens is 4. The molecule has 2 aliphatic rings. The van der Waals surface area contributed by atoms with Crippen LogP contribution in [-0.2, 0) is 11.2 Å². The number of ether oxygens (including phenoxy) is 1. The number of hydrogen-bond acceptors (Lipinski definition) is 4. The molecule has 1 atom stereocenters. The Morgan fingerprint density at radius 3 is 2.55 bits per heavy atom. The lowest BCUT2D eigenvalue weighted by Gasteiger charge is -2.27. The highest BCUT2D eigenvalue weighted by molar-refractivity contribution is 5.77. The van der Waals surface area contributed by atoms with E-state index in [0.29, 0.717) is 0 Å². The topological polar surface area (TPSA) is 86.9 Å². The Balaban J connectivity index is 1.18. The summed E-state index contributed by atoms with van der Waals surface area (Å²) in [5.41, 5.74) is 5.42. The third-order valence-corrected chi connectivity index (χ3v) is 7.41. The quantitative estimate of drug-likeness (QED) is 0.315. The van der Waals surface area contributed by atoms with Crippen molar-refractivity contribution in [2.45, 2.75) is 65.0 Å². The number of amides is 1. The predicted molar refractivity (Wildman–Crippen MR) is 147 cm³/mol. The second-order valence-electron chi connectivity index (χ2n) is 11.6. The van der Waals surface area contributed by atoms with Gasteiger partial charge in [-0.1, -0.05) is 30.9 Å². The van der Waals surface area contributed by atoms with E-state index < -0.39 is 5.60 Å². The molecule has 1 aliphatic heterocycles. The van der Waals surface area contributed by atoms with Crippen LogP contribution in [0.1, 0.15) is 75.8 Å². The minimum atomic E-state index is -0.524. The summed E-state index contributed by atoms with van der Waals surface area (Å²) in [5.74, 6) is 8.31. The minimum absolute atomic E-state index is 0.0912. The predicted octanol–water partition coefficient (Wildman–Crippen LogP) is 6.38. The van der Waals surface area contributed by atoms with E-state index in [4.69, 9.17) is 9.72 Å². The van der Waals surface area contributed by atoms with Gasteiger partial charge in [0.2, 0.25) is 0 Å². The molecule has 38 heavy (non-hydrogen) atoms. The first kappa shape index (κ1) is 24.3. The van der Waals surface area contributed by atoms with Gasteiger partial charge < -0.3 is 14.7 Å². The first-order valence-corrected chi connectivity index (χ1v) is 13.4. The summed E-state index contributed by atoms with van der Waals surface area (Å²) in [6.07, 6.45) is 5.79. The summed E-state index contributed by atoms with van der Waals surface area (Å²) in [4.78, 5) is 31.0. The van der Waals surface area contributed by atoms with E-state index in [1.54, 1.807) is 0 Å². The van der Waals surface area contributed by atoms with Gasteiger partial charge in [0.25, 0.3) is 0 Å². The third-order valence-electron chi connectivity index (χ3n) is 7.41. The molecule has 1 saturated carbocycles. The fourth-order valence-electron chi connectivity index (χ4n) is 5.18. The second-order valence-corrected chi connectivity index (χ2v) is 11.6. The maximum atomic E-state index is 13.0. The highest BCUT2D eigenvalue weighted by Crippen LogP contribution is 2.58. The molecule has 194 valence electrons. The molecular formula is C31H33N5O2. The summed E-state index contributed by atoms with van der Waals surface area (Å²) >= 11 is 0. The number of hydrogen-bond donors (Lipinski definition) is 2. The van der Waals surface area contributed by atoms with E-state index >= 15 is 0 Å². The van der Waals surface area contributed by atoms with E-state index in [-0.39, 0.29) is 17.6 Å². The Kier molecular flexibility index (Phi) is 5.79. The van der Waals surface area contributed by atoms with Gasteiger partial charge in [-0.2, -0.15) is 0 Å². The van der Waals surface area contributed by atoms with Gasteiger partial charge in [0, 0.05) is 35.9 Å². The number of aryl methyl sites for hydroxylation is 1. The highest BCUT2D eigenvalue weighted by atomic mass is 16.6. The van der Waals surface area contributed by atoms with Crippen molar-refractivity contribution in [3.05, 3.63) is 71.4 Å². The van der Waals surface area contributed by atoms with E-state index in [9.17, 15) is 4.79 Å². The van der Waals surface area contributed by atoms with Gasteiger partial charge in [-0.25, -0.2) is 14.8 Å². The maximum absolute atomic E-state index is 13.0. The zero-order chi connectivity index (χ0) is 26.5. The number of nitrogens with one attached hydrogen (secondary N) is 2. The lowest BCUT2D eigenvalue weighted by Crippen LogP contribution is -2.37. The summed E-state index contributed by atoms with van der Waals surface area (Å²) in [7, 11) is 0. The number of fused-ring (bicyclic) bond motifs is 1. The largest absolute Gasteiger partial charge is 0.444 e. The summed E-state index contributed by atoms with van der Waals surface area (Å²) in [5, 5.41) is 0. The molecule has 3 heterocycles. The van der Waals surface area contributed by atoms with Crippen LogP contribution in [-0.4, -0.2) is 43.1 Å². The monoisotopic (exact) mass is 507 g/mol. The third kappa shape index (κ3) is 4.91. The van der Waals surface area contributed by atoms with Crippen molar-refractivity contribution >= 4 is 17.1 Å². The number of carbonyl (C=O) groups is 1. The molecule has 2 N–H and O–H groups in total. The molecular weight excluding hydrogens is 474 g/mol. The van der Waals surface area contributed by atoms with Crippen molar-refractivity contribution in [1.82, 2.24) is 24.8 Å². The fraction of sp³-hybridized carbons (Fsp3) is 0.387. The molecule has 0 bridgehead atoms. The lowest BCUT2D eigenvalue weighted by molar-refractivity contribution is 0.0212. The normalized spacial score (nSPS) is 18.0. The van der Waals surface area contributed by atoms with E-state index in [1.807, 2.05) is 74.3 Å². The van der Waals surface area contributed by atoms with Gasteiger partial charge in [-0.3, -0.25) is 4.90 Å². The maximum Gasteiger partial charge on any atom is 0.410 e. The van der Waals surface area contributed by atoms with Gasteiger partial charge in [0.05, 0.1) is 22.8 Å². The summed E-state index contributed by atoms with van der Waals surface area (Å²) in [6, 6.07) is 14.1. The smallest absolute Gasteiger partial charge is 0.410 e. The molecule has 0 radical (unpaired) electrons. The number of imidazole rings is 2. The Bertz CT molecular complexity index is 1560. The number of carbonyl (C=O) groups excluding carboxylic acids is 1. The van der Waals surface area contributed by atoms with Crippen LogP contribution in [0.3, 0.4) is 0 Å². The standard InChI is InChI=1S/C31H33N5O2/c1-5-27-33-23-13-10-21(16-24(23)34-27)7-6-20-8-11-22(12-9-20)25-18-32-28(35-25)26-17-31(14-15-31)19-36(26)29(37)38-30(2,3)4/h8-13,16,18,26H,5,14-15,17,19H2,1-4H3,(H,32,35)(H,33,34)/t26-/m0/s1. The van der Waals surface area contributed by atoms with E-state index in [2.05, 4.69) is 33.7 Å². The van der Waals surface area contributed by atoms with Gasteiger partial charge in [0.1, 0.15) is 17.2 Å². The molecule has 1 aliphatic carbocycles. The molecule has 4 aromatic rings. The Morgan fingerprint density at radius 1 is 1.11 bits per heavy atom. The van der Waals surface area contributed by atoms with Crippen LogP contribution < -0.4 is 0 Å². The van der Waals surface area contributed by atoms with Crippen LogP contribution in [0, 0.1) is 17.3 Å². The van der Waals surface area contributed by atoms with Gasteiger partial charge in [-0.15, -0.1) is 0 Å². The first-order valence-electron chi connectivity index (χ1n) is 13.4. The molecule has 2 aromatic heterocycles. The second kappa shape index (κ2) is 9.05. The first-order chi connectivity index (χ1) is 18.2. The zero-order valence-electron chi connectivity index (χ0n) is 22.4. The molecule has 0 unspecified atom stereocenters. The van der Waals surface area contributed by atoms with Crippen LogP contribution in [0.25, 0.3) is 22.3 Å². The molecule has 7 nitrogen and oxygen atoms in total. The Morgan fingerprint density at radius 2 is 1.84 bits per heavy atom. The van der Waals surface area contributed by atoms with Crippen LogP contribution >= 0.6 is 0 Å². The molecule has 1 amide bonds. The van der Waals surface area contributed by atoms with Crippen molar-refractivity contribution in [3.63, 3.8) is 0 Å². The molecule has 2 fully saturated rings. The Labute approximate surface area is 223 Å². The van der Waals surface area contributed by atoms with Crippen LogP contribution in [0.15, 0.2) is 48.7 Å². The molecule has 7 heteroatoms. The number of nitrogens with zero attached hydrogens (tertiary/aromatic N) is 3. The van der Waals surface area contributed by atoms with Gasteiger partial charge >= 0.3 is 6.09 Å². The molecule has 1 saturated heterocycles. The SMILES string of the molecule is CCc1nc2cc(C#Cc3ccc(-c4c[nH]c([C@@H]5CC6(CC6)CN5C(=O)OC(C)(C)C)n4)cc3)ccc2[nH]1. The number of benzene rings is 2. The average Bonchev–Trinajstić information content (AvgIpc) is 3.23. The van der Waals surface area contributed by atoms with E-state index in [1.165, 1.54) is 0 Å². The zero-order valence-corrected chi connectivity index (χ0v) is 22.4. The number of aromatic amines is 2. The number of rotatable bonds is 3. The van der Waals surface area contributed by atoms with Crippen LogP contribution in [0.5, 0.6) is 0 Å². The number of likely N-dealkylation sites (tertiary alicyclic amines) is 1. The Hall–Kier alpha value is -4.05. The molecule has 6 rings (SSSR count). The van der Waals surface area contributed by atoms with Crippen molar-refractivity contribution in [1.29, 1.82) is 0 Å². The van der Waals surface area contributed by atoms with Crippen molar-refractivity contribution in [3.8, 4) is 23.1 Å². The van der Waals surface area contributed by atoms with Gasteiger partial charge in [0.15, 0.2) is 0 Å². The van der Waals surface area contributed by atoms with E-state index in [0.717, 1.165) is 77.3 Å². The minimum Gasteiger partial charge on any atom is -0.444 e. The average molecular weight is 508 g/mol. The fourth-order valence-corrected chi connectivity index (χ4v) is 5.18. The van der Waals surface area contributed by atoms with Crippen molar-refractivity contribution < 1.29 is 9.53 Å². The summed E-state index contributed by atoms with van der Waals surface area (Å²) < 4.78 is 5.71. The number of H-pyrrole nitrogens is 2. The van der Waals surface area contributed by atoms with Crippen molar-refractivity contribution in [2.75, 3.05) is 6.54 Å². The lowest BCUT2D eigenvalue weighted by atomic mass is 10.0. The van der Waals surface area contributed by atoms with Crippen LogP contribution in [0.4, 0.5) is 4.79 Å². The molecule has 1 spiro atoms. The summed E-state index contributed by atoms with van der Waals surface area (Å²) in [6.45, 7) is 8.54.